The molecule has 2 heterocycles. The van der Waals surface area contributed by atoms with E-state index in [-0.39, 0.29) is 23.1 Å². The van der Waals surface area contributed by atoms with E-state index in [2.05, 4.69) is 20.9 Å². The summed E-state index contributed by atoms with van der Waals surface area (Å²) < 4.78 is 5.76. The first-order valence-corrected chi connectivity index (χ1v) is 7.12. The highest BCUT2D eigenvalue weighted by Gasteiger charge is 2.13. The molecule has 0 radical (unpaired) electrons. The fraction of sp³-hybridized carbons (Fsp3) is 0.0833. The molecule has 0 spiro atoms. The lowest BCUT2D eigenvalue weighted by atomic mass is 10.3. The van der Waals surface area contributed by atoms with Gasteiger partial charge in [0.25, 0.3) is 0 Å². The van der Waals surface area contributed by atoms with Crippen LogP contribution in [0.4, 0.5) is 0 Å². The van der Waals surface area contributed by atoms with Gasteiger partial charge in [-0.05, 0) is 40.2 Å². The van der Waals surface area contributed by atoms with Crippen LogP contribution in [0.25, 0.3) is 0 Å². The highest BCUT2D eigenvalue weighted by Crippen LogP contribution is 2.22. The third-order valence-corrected chi connectivity index (χ3v) is 4.03. The van der Waals surface area contributed by atoms with E-state index in [1.54, 1.807) is 12.1 Å². The van der Waals surface area contributed by atoms with Crippen molar-refractivity contribution >= 4 is 50.6 Å². The molecule has 2 aromatic heterocycles. The second-order valence-corrected chi connectivity index (χ2v) is 6.32. The lowest BCUT2D eigenvalue weighted by molar-refractivity contribution is 0.0475. The SMILES string of the molecule is O=C(OCC(=O)c1ccc(Br)s1)c1ccc(Cl)nc1. The number of hydrogen-bond acceptors (Lipinski definition) is 5. The van der Waals surface area contributed by atoms with Gasteiger partial charge in [0.15, 0.2) is 6.61 Å². The van der Waals surface area contributed by atoms with Crippen LogP contribution in [0.1, 0.15) is 20.0 Å². The Hall–Kier alpha value is -1.24. The minimum absolute atomic E-state index is 0.244. The molecule has 2 aromatic rings. The van der Waals surface area contributed by atoms with Crippen molar-refractivity contribution < 1.29 is 14.3 Å². The van der Waals surface area contributed by atoms with Gasteiger partial charge < -0.3 is 4.74 Å². The van der Waals surface area contributed by atoms with Crippen molar-refractivity contribution in [2.75, 3.05) is 6.61 Å². The summed E-state index contributed by atoms with van der Waals surface area (Å²) in [6, 6.07) is 6.41. The van der Waals surface area contributed by atoms with Crippen LogP contribution in [0.5, 0.6) is 0 Å². The van der Waals surface area contributed by atoms with Crippen molar-refractivity contribution in [1.29, 1.82) is 0 Å². The normalized spacial score (nSPS) is 10.2. The standard InChI is InChI=1S/C12H7BrClNO3S/c13-10-3-2-9(19-10)8(16)6-18-12(17)7-1-4-11(14)15-5-7/h1-5H,6H2. The van der Waals surface area contributed by atoms with Crippen molar-refractivity contribution in [2.24, 2.45) is 0 Å². The zero-order valence-electron chi connectivity index (χ0n) is 9.43. The summed E-state index contributed by atoms with van der Waals surface area (Å²) in [4.78, 5) is 27.7. The van der Waals surface area contributed by atoms with E-state index in [0.29, 0.717) is 4.88 Å². The molecule has 0 fully saturated rings. The Labute approximate surface area is 126 Å². The van der Waals surface area contributed by atoms with Crippen LogP contribution in [-0.2, 0) is 4.74 Å². The van der Waals surface area contributed by atoms with Crippen LogP contribution >= 0.6 is 38.9 Å². The van der Waals surface area contributed by atoms with Crippen LogP contribution < -0.4 is 0 Å². The van der Waals surface area contributed by atoms with Gasteiger partial charge >= 0.3 is 5.97 Å². The predicted molar refractivity (Wildman–Crippen MR) is 75.9 cm³/mol. The number of carbonyl (C=O) groups excluding carboxylic acids is 2. The molecule has 2 rings (SSSR count). The molecule has 0 saturated heterocycles. The quantitative estimate of drug-likeness (QED) is 0.475. The van der Waals surface area contributed by atoms with Gasteiger partial charge in [0.1, 0.15) is 5.15 Å². The van der Waals surface area contributed by atoms with Gasteiger partial charge in [0.05, 0.1) is 14.2 Å². The summed E-state index contributed by atoms with van der Waals surface area (Å²) in [5.74, 6) is -0.848. The van der Waals surface area contributed by atoms with Crippen LogP contribution in [0.15, 0.2) is 34.2 Å². The second kappa shape index (κ2) is 6.27. The molecule has 98 valence electrons. The van der Waals surface area contributed by atoms with E-state index in [1.807, 2.05) is 0 Å². The third-order valence-electron chi connectivity index (χ3n) is 2.15. The number of aromatic nitrogens is 1. The number of carbonyl (C=O) groups is 2. The molecule has 0 N–H and O–H groups in total. The monoisotopic (exact) mass is 359 g/mol. The first-order chi connectivity index (χ1) is 9.06. The van der Waals surface area contributed by atoms with Crippen LogP contribution in [0, 0.1) is 0 Å². The molecule has 0 aliphatic heterocycles. The largest absolute Gasteiger partial charge is 0.454 e. The Kier molecular flexibility index (Phi) is 4.68. The summed E-state index contributed by atoms with van der Waals surface area (Å²) >= 11 is 10.2. The second-order valence-electron chi connectivity index (χ2n) is 3.47. The first kappa shape index (κ1) is 14.2. The van der Waals surface area contributed by atoms with Crippen molar-refractivity contribution in [3.05, 3.63) is 49.8 Å². The lowest BCUT2D eigenvalue weighted by Crippen LogP contribution is -2.13. The molecule has 19 heavy (non-hydrogen) atoms. The number of pyridine rings is 1. The minimum Gasteiger partial charge on any atom is -0.454 e. The van der Waals surface area contributed by atoms with E-state index >= 15 is 0 Å². The Morgan fingerprint density at radius 1 is 1.32 bits per heavy atom. The number of nitrogens with zero attached hydrogens (tertiary/aromatic N) is 1. The number of ketones is 1. The Bertz CT molecular complexity index is 612. The fourth-order valence-corrected chi connectivity index (χ4v) is 2.67. The summed E-state index contributed by atoms with van der Waals surface area (Å²) in [5, 5.41) is 0.288. The summed E-state index contributed by atoms with van der Waals surface area (Å²) in [7, 11) is 0. The van der Waals surface area contributed by atoms with E-state index in [0.717, 1.165) is 3.79 Å². The van der Waals surface area contributed by atoms with Crippen molar-refractivity contribution in [3.8, 4) is 0 Å². The Morgan fingerprint density at radius 3 is 2.68 bits per heavy atom. The molecule has 0 amide bonds. The maximum atomic E-state index is 11.7. The maximum absolute atomic E-state index is 11.7. The molecule has 0 unspecified atom stereocenters. The van der Waals surface area contributed by atoms with Crippen molar-refractivity contribution in [2.45, 2.75) is 0 Å². The fourth-order valence-electron chi connectivity index (χ4n) is 1.25. The average Bonchev–Trinajstić information content (AvgIpc) is 2.83. The minimum atomic E-state index is -0.604. The van der Waals surface area contributed by atoms with Gasteiger partial charge in [0, 0.05) is 6.20 Å². The van der Waals surface area contributed by atoms with Gasteiger partial charge in [0.2, 0.25) is 5.78 Å². The molecule has 0 aliphatic carbocycles. The summed E-state index contributed by atoms with van der Waals surface area (Å²) in [6.45, 7) is -0.297. The summed E-state index contributed by atoms with van der Waals surface area (Å²) in [5.41, 5.74) is 0.254. The van der Waals surface area contributed by atoms with E-state index in [1.165, 1.54) is 29.7 Å². The number of ether oxygens (including phenoxy) is 1. The molecule has 0 saturated carbocycles. The maximum Gasteiger partial charge on any atom is 0.340 e. The zero-order valence-corrected chi connectivity index (χ0v) is 12.6. The first-order valence-electron chi connectivity index (χ1n) is 5.13. The van der Waals surface area contributed by atoms with Gasteiger partial charge in [-0.2, -0.15) is 0 Å². The number of hydrogen-bond donors (Lipinski definition) is 0. The van der Waals surface area contributed by atoms with Crippen LogP contribution in [0.2, 0.25) is 5.15 Å². The highest BCUT2D eigenvalue weighted by molar-refractivity contribution is 9.11. The number of rotatable bonds is 4. The average molecular weight is 361 g/mol. The van der Waals surface area contributed by atoms with E-state index in [4.69, 9.17) is 16.3 Å². The molecule has 0 aromatic carbocycles. The number of Topliss-reactive ketones (excluding diaryl/α,β-unsaturated/α-hetero) is 1. The lowest BCUT2D eigenvalue weighted by Gasteiger charge is -2.02. The van der Waals surface area contributed by atoms with Crippen LogP contribution in [-0.4, -0.2) is 23.3 Å². The summed E-state index contributed by atoms with van der Waals surface area (Å²) in [6.07, 6.45) is 1.30. The molecule has 4 nitrogen and oxygen atoms in total. The molecule has 7 heteroatoms. The smallest absolute Gasteiger partial charge is 0.340 e. The van der Waals surface area contributed by atoms with Gasteiger partial charge in [-0.3, -0.25) is 4.79 Å². The molecule has 0 atom stereocenters. The van der Waals surface area contributed by atoms with Gasteiger partial charge in [-0.25, -0.2) is 9.78 Å². The Morgan fingerprint density at radius 2 is 2.11 bits per heavy atom. The predicted octanol–water partition coefficient (Wildman–Crippen LogP) is 3.60. The highest BCUT2D eigenvalue weighted by atomic mass is 79.9. The number of thiophene rings is 1. The topological polar surface area (TPSA) is 56.3 Å². The van der Waals surface area contributed by atoms with Gasteiger partial charge in [-0.1, -0.05) is 11.6 Å². The van der Waals surface area contributed by atoms with Gasteiger partial charge in [-0.15, -0.1) is 11.3 Å². The zero-order chi connectivity index (χ0) is 13.8. The van der Waals surface area contributed by atoms with E-state index < -0.39 is 5.97 Å². The molecular formula is C12H7BrClNO3S. The third kappa shape index (κ3) is 3.86. The van der Waals surface area contributed by atoms with Crippen LogP contribution in [0.3, 0.4) is 0 Å². The Balaban J connectivity index is 1.93. The molecular weight excluding hydrogens is 354 g/mol. The molecule has 0 bridgehead atoms. The van der Waals surface area contributed by atoms with Crippen molar-refractivity contribution in [1.82, 2.24) is 4.98 Å². The van der Waals surface area contributed by atoms with E-state index in [9.17, 15) is 9.59 Å². The van der Waals surface area contributed by atoms with Crippen molar-refractivity contribution in [3.63, 3.8) is 0 Å². The molecule has 0 aliphatic rings. The number of halogens is 2. The number of esters is 1.